The van der Waals surface area contributed by atoms with E-state index in [9.17, 15) is 4.79 Å². The van der Waals surface area contributed by atoms with Crippen LogP contribution in [0.1, 0.15) is 21.6 Å². The lowest BCUT2D eigenvalue weighted by Gasteiger charge is -2.24. The molecular formula is C12H10ClN3O2. The fourth-order valence-electron chi connectivity index (χ4n) is 2.01. The quantitative estimate of drug-likeness (QED) is 0.487. The van der Waals surface area contributed by atoms with E-state index in [2.05, 4.69) is 15.0 Å². The van der Waals surface area contributed by atoms with Crippen molar-refractivity contribution in [2.24, 2.45) is 0 Å². The van der Waals surface area contributed by atoms with Crippen LogP contribution in [0.5, 0.6) is 0 Å². The fraction of sp³-hybridized carbons (Fsp3) is 0.167. The average molecular weight is 264 g/mol. The number of imidazole rings is 1. The highest BCUT2D eigenvalue weighted by molar-refractivity contribution is 6.22. The van der Waals surface area contributed by atoms with Crippen molar-refractivity contribution in [1.29, 1.82) is 0 Å². The Bertz CT molecular complexity index is 624. The second-order valence-corrected chi connectivity index (χ2v) is 4.36. The molecule has 3 rings (SSSR count). The molecule has 0 spiro atoms. The number of nitrogens with one attached hydrogen (secondary N) is 1. The lowest BCUT2D eigenvalue weighted by Crippen LogP contribution is -2.17. The minimum absolute atomic E-state index is 0.368. The third-order valence-corrected chi connectivity index (χ3v) is 3.22. The van der Waals surface area contributed by atoms with Crippen molar-refractivity contribution in [2.75, 3.05) is 12.4 Å². The summed E-state index contributed by atoms with van der Waals surface area (Å²) in [4.78, 5) is 15.5. The molecule has 0 saturated carbocycles. The van der Waals surface area contributed by atoms with Crippen LogP contribution < -0.4 is 5.32 Å². The van der Waals surface area contributed by atoms with Crippen molar-refractivity contribution in [3.63, 3.8) is 0 Å². The van der Waals surface area contributed by atoms with E-state index >= 15 is 0 Å². The van der Waals surface area contributed by atoms with Crippen LogP contribution >= 0.6 is 11.6 Å². The Morgan fingerprint density at radius 2 is 2.39 bits per heavy atom. The van der Waals surface area contributed by atoms with Crippen LogP contribution in [-0.4, -0.2) is 22.6 Å². The van der Waals surface area contributed by atoms with Crippen LogP contribution in [0.4, 0.5) is 5.69 Å². The van der Waals surface area contributed by atoms with E-state index in [0.29, 0.717) is 5.56 Å². The molecule has 0 radical (unpaired) electrons. The number of carbonyl (C=O) groups is 1. The number of esters is 1. The van der Waals surface area contributed by atoms with Gasteiger partial charge in [-0.3, -0.25) is 4.57 Å². The van der Waals surface area contributed by atoms with Gasteiger partial charge in [-0.2, -0.15) is 0 Å². The molecule has 2 aromatic rings. The summed E-state index contributed by atoms with van der Waals surface area (Å²) in [5.41, 5.74) is 2.68. The molecule has 1 atom stereocenters. The highest BCUT2D eigenvalue weighted by Gasteiger charge is 2.23. The highest BCUT2D eigenvalue weighted by Crippen LogP contribution is 2.35. The van der Waals surface area contributed by atoms with Crippen LogP contribution in [-0.2, 0) is 4.74 Å². The number of halogens is 1. The molecule has 0 aliphatic carbocycles. The summed E-state index contributed by atoms with van der Waals surface area (Å²) < 4.78 is 6.58. The lowest BCUT2D eigenvalue weighted by atomic mass is 10.1. The van der Waals surface area contributed by atoms with E-state index in [1.807, 2.05) is 10.6 Å². The molecule has 92 valence electrons. The molecule has 1 aliphatic rings. The van der Waals surface area contributed by atoms with E-state index in [-0.39, 0.29) is 11.5 Å². The number of alkyl halides is 1. The number of hydrogen-bond donors (Lipinski definition) is 1. The van der Waals surface area contributed by atoms with Gasteiger partial charge in [0.25, 0.3) is 0 Å². The molecule has 1 aromatic heterocycles. The Kier molecular flexibility index (Phi) is 2.48. The van der Waals surface area contributed by atoms with Gasteiger partial charge in [0, 0.05) is 0 Å². The Labute approximate surface area is 108 Å². The molecule has 0 fully saturated rings. The summed E-state index contributed by atoms with van der Waals surface area (Å²) in [6.07, 6.45) is 3.41. The fourth-order valence-corrected chi connectivity index (χ4v) is 2.29. The predicted octanol–water partition coefficient (Wildman–Crippen LogP) is 2.32. The van der Waals surface area contributed by atoms with Gasteiger partial charge < -0.3 is 10.1 Å². The van der Waals surface area contributed by atoms with Gasteiger partial charge in [-0.15, -0.1) is 0 Å². The summed E-state index contributed by atoms with van der Waals surface area (Å²) in [7, 11) is 1.35. The molecule has 0 amide bonds. The Morgan fingerprint density at radius 1 is 1.56 bits per heavy atom. The Morgan fingerprint density at radius 3 is 3.17 bits per heavy atom. The number of hydrogen-bond acceptors (Lipinski definition) is 4. The summed E-state index contributed by atoms with van der Waals surface area (Å²) >= 11 is 6.19. The molecule has 5 nitrogen and oxygen atoms in total. The van der Waals surface area contributed by atoms with Gasteiger partial charge >= 0.3 is 5.97 Å². The van der Waals surface area contributed by atoms with E-state index < -0.39 is 0 Å². The summed E-state index contributed by atoms with van der Waals surface area (Å²) in [6, 6.07) is 5.27. The Balaban J connectivity index is 2.13. The van der Waals surface area contributed by atoms with E-state index in [0.717, 1.165) is 17.1 Å². The maximum absolute atomic E-state index is 11.5. The van der Waals surface area contributed by atoms with Crippen LogP contribution in [0, 0.1) is 0 Å². The first-order valence-electron chi connectivity index (χ1n) is 5.36. The van der Waals surface area contributed by atoms with Crippen molar-refractivity contribution in [3.8, 4) is 5.69 Å². The highest BCUT2D eigenvalue weighted by atomic mass is 35.5. The SMILES string of the molecule is COC(=O)c1ccc2c(c1)NC(Cl)c1cncn1-2. The van der Waals surface area contributed by atoms with Gasteiger partial charge in [-0.05, 0) is 18.2 Å². The molecule has 18 heavy (non-hydrogen) atoms. The zero-order valence-corrected chi connectivity index (χ0v) is 10.3. The number of fused-ring (bicyclic) bond motifs is 3. The zero-order chi connectivity index (χ0) is 12.7. The standard InChI is InChI=1S/C12H10ClN3O2/c1-18-12(17)7-2-3-9-8(4-7)15-11(13)10-5-14-6-16(9)10/h2-6,11,15H,1H3. The first kappa shape index (κ1) is 11.1. The van der Waals surface area contributed by atoms with Gasteiger partial charge in [0.05, 0.1) is 42.3 Å². The van der Waals surface area contributed by atoms with Crippen molar-refractivity contribution >= 4 is 23.3 Å². The number of methoxy groups -OCH3 is 1. The van der Waals surface area contributed by atoms with E-state index in [1.165, 1.54) is 7.11 Å². The smallest absolute Gasteiger partial charge is 0.337 e. The van der Waals surface area contributed by atoms with Crippen LogP contribution in [0.25, 0.3) is 5.69 Å². The first-order valence-corrected chi connectivity index (χ1v) is 5.80. The molecular weight excluding hydrogens is 254 g/mol. The maximum atomic E-state index is 11.5. The maximum Gasteiger partial charge on any atom is 0.337 e. The van der Waals surface area contributed by atoms with Crippen LogP contribution in [0.2, 0.25) is 0 Å². The van der Waals surface area contributed by atoms with E-state index in [1.54, 1.807) is 24.7 Å². The number of carbonyl (C=O) groups excluding carboxylic acids is 1. The molecule has 1 N–H and O–H groups in total. The number of ether oxygens (including phenoxy) is 1. The summed E-state index contributed by atoms with van der Waals surface area (Å²) in [6.45, 7) is 0. The normalized spacial score (nSPS) is 16.4. The third-order valence-electron chi connectivity index (χ3n) is 2.89. The molecule has 1 aromatic carbocycles. The van der Waals surface area contributed by atoms with Crippen molar-refractivity contribution < 1.29 is 9.53 Å². The number of anilines is 1. The predicted molar refractivity (Wildman–Crippen MR) is 67.1 cm³/mol. The van der Waals surface area contributed by atoms with Gasteiger partial charge in [0.15, 0.2) is 0 Å². The van der Waals surface area contributed by atoms with Crippen molar-refractivity contribution in [3.05, 3.63) is 42.0 Å². The van der Waals surface area contributed by atoms with Crippen LogP contribution in [0.15, 0.2) is 30.7 Å². The largest absolute Gasteiger partial charge is 0.465 e. The van der Waals surface area contributed by atoms with Gasteiger partial charge in [0.1, 0.15) is 5.50 Å². The van der Waals surface area contributed by atoms with Gasteiger partial charge in [-0.25, -0.2) is 9.78 Å². The van der Waals surface area contributed by atoms with E-state index in [4.69, 9.17) is 11.6 Å². The minimum atomic E-state index is -0.373. The lowest BCUT2D eigenvalue weighted by molar-refractivity contribution is 0.0601. The van der Waals surface area contributed by atoms with Crippen molar-refractivity contribution in [2.45, 2.75) is 5.50 Å². The molecule has 0 saturated heterocycles. The minimum Gasteiger partial charge on any atom is -0.465 e. The molecule has 6 heteroatoms. The molecule has 0 bridgehead atoms. The van der Waals surface area contributed by atoms with Gasteiger partial charge in [-0.1, -0.05) is 11.6 Å². The molecule has 1 aliphatic heterocycles. The Hall–Kier alpha value is -2.01. The first-order chi connectivity index (χ1) is 8.70. The third kappa shape index (κ3) is 1.55. The zero-order valence-electron chi connectivity index (χ0n) is 9.55. The number of benzene rings is 1. The second kappa shape index (κ2) is 4.03. The van der Waals surface area contributed by atoms with Gasteiger partial charge in [0.2, 0.25) is 0 Å². The molecule has 2 heterocycles. The summed E-state index contributed by atoms with van der Waals surface area (Å²) in [5, 5.41) is 3.12. The monoisotopic (exact) mass is 263 g/mol. The topological polar surface area (TPSA) is 56.1 Å². The van der Waals surface area contributed by atoms with Crippen LogP contribution in [0.3, 0.4) is 0 Å². The van der Waals surface area contributed by atoms with Crippen molar-refractivity contribution in [1.82, 2.24) is 9.55 Å². The number of aromatic nitrogens is 2. The number of rotatable bonds is 1. The molecule has 1 unspecified atom stereocenters. The average Bonchev–Trinajstić information content (AvgIpc) is 2.87. The summed E-state index contributed by atoms with van der Waals surface area (Å²) in [5.74, 6) is -0.373. The number of nitrogens with zero attached hydrogens (tertiary/aromatic N) is 2. The second-order valence-electron chi connectivity index (χ2n) is 3.92.